The predicted molar refractivity (Wildman–Crippen MR) is 69.5 cm³/mol. The zero-order chi connectivity index (χ0) is 13.1. The van der Waals surface area contributed by atoms with Gasteiger partial charge in [0.25, 0.3) is 5.91 Å². The highest BCUT2D eigenvalue weighted by Crippen LogP contribution is 2.22. The zero-order valence-electron chi connectivity index (χ0n) is 9.04. The molecule has 18 heavy (non-hydrogen) atoms. The second kappa shape index (κ2) is 5.58. The topological polar surface area (TPSA) is 29.1 Å². The Balaban J connectivity index is 2.06. The standard InChI is InChI=1S/C12H8BrF2NOS/c13-10-1-2-18-11(10)6-16-12(17)7-3-8(14)5-9(15)4-7/h1-5H,6H2,(H,16,17). The molecule has 0 aliphatic rings. The molecule has 1 aromatic heterocycles. The highest BCUT2D eigenvalue weighted by molar-refractivity contribution is 9.10. The summed E-state index contributed by atoms with van der Waals surface area (Å²) in [6.07, 6.45) is 0. The number of rotatable bonds is 3. The van der Waals surface area contributed by atoms with E-state index in [2.05, 4.69) is 21.2 Å². The average molecular weight is 332 g/mol. The molecule has 0 aliphatic heterocycles. The number of hydrogen-bond donors (Lipinski definition) is 1. The highest BCUT2D eigenvalue weighted by atomic mass is 79.9. The van der Waals surface area contributed by atoms with Gasteiger partial charge in [-0.25, -0.2) is 8.78 Å². The molecule has 1 heterocycles. The van der Waals surface area contributed by atoms with Crippen LogP contribution in [-0.4, -0.2) is 5.91 Å². The van der Waals surface area contributed by atoms with Crippen LogP contribution >= 0.6 is 27.3 Å². The highest BCUT2D eigenvalue weighted by Gasteiger charge is 2.10. The number of carbonyl (C=O) groups is 1. The molecule has 0 unspecified atom stereocenters. The van der Waals surface area contributed by atoms with Crippen molar-refractivity contribution in [2.45, 2.75) is 6.54 Å². The van der Waals surface area contributed by atoms with Gasteiger partial charge in [0.15, 0.2) is 0 Å². The van der Waals surface area contributed by atoms with Crippen molar-refractivity contribution in [3.63, 3.8) is 0 Å². The van der Waals surface area contributed by atoms with Crippen LogP contribution < -0.4 is 5.32 Å². The van der Waals surface area contributed by atoms with Gasteiger partial charge in [-0.3, -0.25) is 4.79 Å². The molecule has 0 bridgehead atoms. The van der Waals surface area contributed by atoms with Crippen molar-refractivity contribution < 1.29 is 13.6 Å². The number of halogens is 3. The Hall–Kier alpha value is -1.27. The third kappa shape index (κ3) is 3.14. The molecule has 1 amide bonds. The summed E-state index contributed by atoms with van der Waals surface area (Å²) in [5, 5.41) is 4.49. The lowest BCUT2D eigenvalue weighted by molar-refractivity contribution is 0.0950. The third-order valence-electron chi connectivity index (χ3n) is 2.23. The maximum atomic E-state index is 12.9. The van der Waals surface area contributed by atoms with E-state index in [0.717, 1.165) is 27.5 Å². The molecule has 0 saturated heterocycles. The molecular weight excluding hydrogens is 324 g/mol. The maximum Gasteiger partial charge on any atom is 0.251 e. The van der Waals surface area contributed by atoms with Gasteiger partial charge < -0.3 is 5.32 Å². The molecule has 2 nitrogen and oxygen atoms in total. The summed E-state index contributed by atoms with van der Waals surface area (Å²) in [5.74, 6) is -2.04. The van der Waals surface area contributed by atoms with Gasteiger partial charge in [0.05, 0.1) is 6.54 Å². The summed E-state index contributed by atoms with van der Waals surface area (Å²) in [5.41, 5.74) is -0.0276. The Morgan fingerprint density at radius 2 is 1.94 bits per heavy atom. The molecule has 0 fully saturated rings. The van der Waals surface area contributed by atoms with E-state index in [9.17, 15) is 13.6 Å². The summed E-state index contributed by atoms with van der Waals surface area (Å²) in [6, 6.07) is 4.60. The van der Waals surface area contributed by atoms with Gasteiger partial charge in [0.2, 0.25) is 0 Å². The average Bonchev–Trinajstić information content (AvgIpc) is 2.70. The van der Waals surface area contributed by atoms with Crippen LogP contribution in [0.4, 0.5) is 8.78 Å². The van der Waals surface area contributed by atoms with Crippen LogP contribution in [0.2, 0.25) is 0 Å². The van der Waals surface area contributed by atoms with Gasteiger partial charge in [-0.15, -0.1) is 11.3 Å². The van der Waals surface area contributed by atoms with Crippen LogP contribution in [0.3, 0.4) is 0 Å². The Morgan fingerprint density at radius 1 is 1.28 bits per heavy atom. The van der Waals surface area contributed by atoms with Crippen LogP contribution in [0.5, 0.6) is 0 Å². The van der Waals surface area contributed by atoms with E-state index in [0.29, 0.717) is 6.54 Å². The maximum absolute atomic E-state index is 12.9. The van der Waals surface area contributed by atoms with Crippen molar-refractivity contribution in [1.82, 2.24) is 5.32 Å². The molecule has 1 N–H and O–H groups in total. The van der Waals surface area contributed by atoms with Crippen LogP contribution in [-0.2, 0) is 6.54 Å². The van der Waals surface area contributed by atoms with E-state index in [1.54, 1.807) is 0 Å². The summed E-state index contributed by atoms with van der Waals surface area (Å²) in [7, 11) is 0. The van der Waals surface area contributed by atoms with Crippen molar-refractivity contribution in [3.05, 3.63) is 56.2 Å². The lowest BCUT2D eigenvalue weighted by Gasteiger charge is -2.04. The van der Waals surface area contributed by atoms with E-state index in [-0.39, 0.29) is 5.56 Å². The first-order valence-electron chi connectivity index (χ1n) is 5.02. The minimum atomic E-state index is -0.766. The molecule has 0 atom stereocenters. The van der Waals surface area contributed by atoms with E-state index >= 15 is 0 Å². The second-order valence-corrected chi connectivity index (χ2v) is 5.39. The molecule has 2 aromatic rings. The molecular formula is C12H8BrF2NOS. The number of thiophene rings is 1. The number of benzene rings is 1. The smallest absolute Gasteiger partial charge is 0.251 e. The van der Waals surface area contributed by atoms with Crippen LogP contribution in [0, 0.1) is 11.6 Å². The second-order valence-electron chi connectivity index (χ2n) is 3.53. The minimum Gasteiger partial charge on any atom is -0.347 e. The summed E-state index contributed by atoms with van der Waals surface area (Å²) < 4.78 is 26.8. The number of carbonyl (C=O) groups excluding carboxylic acids is 1. The van der Waals surface area contributed by atoms with Crippen molar-refractivity contribution in [1.29, 1.82) is 0 Å². The number of nitrogens with one attached hydrogen (secondary N) is 1. The van der Waals surface area contributed by atoms with E-state index in [4.69, 9.17) is 0 Å². The van der Waals surface area contributed by atoms with Crippen molar-refractivity contribution in [3.8, 4) is 0 Å². The van der Waals surface area contributed by atoms with Gasteiger partial charge >= 0.3 is 0 Å². The van der Waals surface area contributed by atoms with E-state index in [1.165, 1.54) is 11.3 Å². The summed E-state index contributed by atoms with van der Waals surface area (Å²) in [6.45, 7) is 0.315. The fraction of sp³-hybridized carbons (Fsp3) is 0.0833. The molecule has 94 valence electrons. The van der Waals surface area contributed by atoms with E-state index in [1.807, 2.05) is 11.4 Å². The van der Waals surface area contributed by atoms with E-state index < -0.39 is 17.5 Å². The van der Waals surface area contributed by atoms with Gasteiger partial charge in [-0.05, 0) is 39.5 Å². The largest absolute Gasteiger partial charge is 0.347 e. The summed E-state index contributed by atoms with van der Waals surface area (Å²) >= 11 is 4.82. The normalized spacial score (nSPS) is 10.4. The Bertz CT molecular complexity index is 565. The van der Waals surface area contributed by atoms with Crippen LogP contribution in [0.15, 0.2) is 34.1 Å². The monoisotopic (exact) mass is 331 g/mol. The quantitative estimate of drug-likeness (QED) is 0.912. The predicted octanol–water partition coefficient (Wildman–Crippen LogP) is 3.72. The molecule has 0 radical (unpaired) electrons. The number of amides is 1. The lowest BCUT2D eigenvalue weighted by Crippen LogP contribution is -2.22. The van der Waals surface area contributed by atoms with Crippen molar-refractivity contribution >= 4 is 33.2 Å². The molecule has 0 spiro atoms. The van der Waals surface area contributed by atoms with Gasteiger partial charge in [0.1, 0.15) is 11.6 Å². The Morgan fingerprint density at radius 3 is 2.50 bits per heavy atom. The van der Waals surface area contributed by atoms with Gasteiger partial charge in [-0.1, -0.05) is 0 Å². The first-order valence-corrected chi connectivity index (χ1v) is 6.69. The Labute approximate surface area is 115 Å². The van der Waals surface area contributed by atoms with Gasteiger partial charge in [-0.2, -0.15) is 0 Å². The molecule has 1 aromatic carbocycles. The molecule has 0 aliphatic carbocycles. The first kappa shape index (κ1) is 13.2. The third-order valence-corrected chi connectivity index (χ3v) is 4.15. The molecule has 0 saturated carbocycles. The SMILES string of the molecule is O=C(NCc1sccc1Br)c1cc(F)cc(F)c1. The molecule has 2 rings (SSSR count). The molecule has 6 heteroatoms. The fourth-order valence-electron chi connectivity index (χ4n) is 1.40. The minimum absolute atomic E-state index is 0.0276. The first-order chi connectivity index (χ1) is 8.56. The number of hydrogen-bond acceptors (Lipinski definition) is 2. The van der Waals surface area contributed by atoms with Gasteiger partial charge in [0, 0.05) is 21.0 Å². The van der Waals surface area contributed by atoms with Crippen LogP contribution in [0.25, 0.3) is 0 Å². The lowest BCUT2D eigenvalue weighted by atomic mass is 10.2. The van der Waals surface area contributed by atoms with Crippen molar-refractivity contribution in [2.24, 2.45) is 0 Å². The summed E-state index contributed by atoms with van der Waals surface area (Å²) in [4.78, 5) is 12.6. The van der Waals surface area contributed by atoms with Crippen molar-refractivity contribution in [2.75, 3.05) is 0 Å². The van der Waals surface area contributed by atoms with Crippen LogP contribution in [0.1, 0.15) is 15.2 Å². The Kier molecular flexibility index (Phi) is 4.08. The zero-order valence-corrected chi connectivity index (χ0v) is 11.4. The fourth-order valence-corrected chi connectivity index (χ4v) is 2.83.